The Morgan fingerprint density at radius 1 is 1.14 bits per heavy atom. The zero-order chi connectivity index (χ0) is 26.0. The molecular formula is C24H30N4O6S2. The number of primary amides is 1. The van der Waals surface area contributed by atoms with Crippen molar-refractivity contribution in [1.29, 1.82) is 0 Å². The number of hydrogen-bond donors (Lipinski definition) is 2. The maximum Gasteiger partial charge on any atom is 0.409 e. The SMILES string of the molecule is COC(=O)N1CCc2c(sc(NC(=O)c3ccc(S(=O)(=O)N(C)C4CCCCC4)cc3)c2C(N)=O)C1. The number of nitrogens with zero attached hydrogens (tertiary/aromatic N) is 2. The number of benzene rings is 1. The van der Waals surface area contributed by atoms with Gasteiger partial charge in [-0.2, -0.15) is 4.31 Å². The molecule has 0 radical (unpaired) electrons. The van der Waals surface area contributed by atoms with Gasteiger partial charge >= 0.3 is 6.09 Å². The Labute approximate surface area is 214 Å². The second-order valence-electron chi connectivity index (χ2n) is 9.01. The highest BCUT2D eigenvalue weighted by Gasteiger charge is 2.31. The second kappa shape index (κ2) is 10.6. The number of hydrogen-bond acceptors (Lipinski definition) is 7. The molecule has 0 bridgehead atoms. The number of anilines is 1. The molecule has 1 aliphatic heterocycles. The average Bonchev–Trinajstić information content (AvgIpc) is 3.25. The maximum absolute atomic E-state index is 13.1. The minimum absolute atomic E-state index is 0.0149. The fourth-order valence-electron chi connectivity index (χ4n) is 4.80. The van der Waals surface area contributed by atoms with Crippen LogP contribution in [0.2, 0.25) is 0 Å². The quantitative estimate of drug-likeness (QED) is 0.584. The normalized spacial score (nSPS) is 16.5. The molecule has 2 aromatic rings. The average molecular weight is 535 g/mol. The minimum Gasteiger partial charge on any atom is -0.453 e. The highest BCUT2D eigenvalue weighted by molar-refractivity contribution is 7.89. The zero-order valence-electron chi connectivity index (χ0n) is 20.3. The highest BCUT2D eigenvalue weighted by Crippen LogP contribution is 2.37. The van der Waals surface area contributed by atoms with E-state index in [4.69, 9.17) is 10.5 Å². The van der Waals surface area contributed by atoms with Crippen LogP contribution in [-0.4, -0.2) is 62.3 Å². The molecule has 4 rings (SSSR count). The van der Waals surface area contributed by atoms with Gasteiger partial charge in [-0.15, -0.1) is 11.3 Å². The molecule has 0 unspecified atom stereocenters. The molecule has 0 atom stereocenters. The van der Waals surface area contributed by atoms with Crippen LogP contribution in [0.25, 0.3) is 0 Å². The number of ether oxygens (including phenoxy) is 1. The van der Waals surface area contributed by atoms with Crippen molar-refractivity contribution in [3.63, 3.8) is 0 Å². The predicted octanol–water partition coefficient (Wildman–Crippen LogP) is 3.18. The molecule has 10 nitrogen and oxygen atoms in total. The van der Waals surface area contributed by atoms with Crippen LogP contribution in [0.15, 0.2) is 29.2 Å². The van der Waals surface area contributed by atoms with E-state index in [1.54, 1.807) is 7.05 Å². The van der Waals surface area contributed by atoms with Crippen LogP contribution < -0.4 is 11.1 Å². The lowest BCUT2D eigenvalue weighted by atomic mass is 9.96. The minimum atomic E-state index is -3.67. The number of amides is 3. The van der Waals surface area contributed by atoms with Gasteiger partial charge in [-0.05, 0) is 49.1 Å². The smallest absolute Gasteiger partial charge is 0.409 e. The van der Waals surface area contributed by atoms with Crippen molar-refractivity contribution in [2.45, 2.75) is 56.0 Å². The first kappa shape index (κ1) is 26.1. The van der Waals surface area contributed by atoms with Crippen LogP contribution in [0.5, 0.6) is 0 Å². The zero-order valence-corrected chi connectivity index (χ0v) is 21.9. The van der Waals surface area contributed by atoms with E-state index in [9.17, 15) is 22.8 Å². The van der Waals surface area contributed by atoms with Gasteiger partial charge in [0.05, 0.1) is 24.1 Å². The maximum atomic E-state index is 13.1. The molecule has 0 spiro atoms. The van der Waals surface area contributed by atoms with E-state index in [2.05, 4.69) is 5.32 Å². The molecule has 194 valence electrons. The Morgan fingerprint density at radius 3 is 2.42 bits per heavy atom. The Kier molecular flexibility index (Phi) is 7.67. The third kappa shape index (κ3) is 5.11. The van der Waals surface area contributed by atoms with E-state index < -0.39 is 27.9 Å². The van der Waals surface area contributed by atoms with Gasteiger partial charge < -0.3 is 20.7 Å². The van der Waals surface area contributed by atoms with Gasteiger partial charge in [0.25, 0.3) is 11.8 Å². The third-order valence-electron chi connectivity index (χ3n) is 6.85. The van der Waals surface area contributed by atoms with Crippen LogP contribution in [0.3, 0.4) is 0 Å². The summed E-state index contributed by atoms with van der Waals surface area (Å²) in [5.41, 5.74) is 6.81. The number of sulfonamides is 1. The first-order chi connectivity index (χ1) is 17.1. The number of methoxy groups -OCH3 is 1. The number of nitrogens with one attached hydrogen (secondary N) is 1. The first-order valence-electron chi connectivity index (χ1n) is 11.8. The van der Waals surface area contributed by atoms with Gasteiger partial charge in [-0.25, -0.2) is 13.2 Å². The molecule has 1 saturated carbocycles. The van der Waals surface area contributed by atoms with Crippen molar-refractivity contribution in [3.8, 4) is 0 Å². The topological polar surface area (TPSA) is 139 Å². The van der Waals surface area contributed by atoms with Crippen LogP contribution in [0, 0.1) is 0 Å². The molecule has 3 amide bonds. The number of nitrogens with two attached hydrogens (primary N) is 1. The molecular weight excluding hydrogens is 504 g/mol. The summed E-state index contributed by atoms with van der Waals surface area (Å²) in [6.07, 6.45) is 4.80. The Balaban J connectivity index is 1.52. The molecule has 1 aromatic carbocycles. The summed E-state index contributed by atoms with van der Waals surface area (Å²) < 4.78 is 32.4. The van der Waals surface area contributed by atoms with Gasteiger partial charge in [0, 0.05) is 30.1 Å². The lowest BCUT2D eigenvalue weighted by molar-refractivity contribution is 0.0999. The molecule has 12 heteroatoms. The standard InChI is InChI=1S/C24H30N4O6S2/c1-27(16-6-4-3-5-7-16)36(32,33)17-10-8-15(9-11-17)22(30)26-23-20(21(25)29)18-12-13-28(24(31)34-2)14-19(18)35-23/h8-11,16H,3-7,12-14H2,1-2H3,(H2,25,29)(H,26,30). The fourth-order valence-corrected chi connectivity index (χ4v) is 7.48. The van der Waals surface area contributed by atoms with Crippen molar-refractivity contribution in [1.82, 2.24) is 9.21 Å². The number of thiophene rings is 1. The van der Waals surface area contributed by atoms with Crippen molar-refractivity contribution < 1.29 is 27.5 Å². The summed E-state index contributed by atoms with van der Waals surface area (Å²) in [7, 11) is -0.763. The lowest BCUT2D eigenvalue weighted by Crippen LogP contribution is -2.38. The summed E-state index contributed by atoms with van der Waals surface area (Å²) in [5, 5.41) is 3.04. The Hall–Kier alpha value is -2.96. The largest absolute Gasteiger partial charge is 0.453 e. The molecule has 0 saturated heterocycles. The summed E-state index contributed by atoms with van der Waals surface area (Å²) in [4.78, 5) is 39.4. The fraction of sp³-hybridized carbons (Fsp3) is 0.458. The van der Waals surface area contributed by atoms with Crippen LogP contribution in [-0.2, 0) is 27.7 Å². The predicted molar refractivity (Wildman–Crippen MR) is 136 cm³/mol. The van der Waals surface area contributed by atoms with E-state index in [1.165, 1.54) is 51.9 Å². The molecule has 1 aromatic heterocycles. The van der Waals surface area contributed by atoms with E-state index in [1.807, 2.05) is 0 Å². The molecule has 2 heterocycles. The van der Waals surface area contributed by atoms with Crippen LogP contribution in [0.4, 0.5) is 9.80 Å². The number of carbonyl (C=O) groups is 3. The molecule has 2 aliphatic rings. The van der Waals surface area contributed by atoms with Gasteiger partial charge in [-0.1, -0.05) is 19.3 Å². The van der Waals surface area contributed by atoms with Gasteiger partial charge in [0.15, 0.2) is 0 Å². The van der Waals surface area contributed by atoms with E-state index in [0.29, 0.717) is 18.0 Å². The first-order valence-corrected chi connectivity index (χ1v) is 14.1. The second-order valence-corrected chi connectivity index (χ2v) is 12.1. The number of fused-ring (bicyclic) bond motifs is 1. The van der Waals surface area contributed by atoms with E-state index in [0.717, 1.165) is 42.5 Å². The summed E-state index contributed by atoms with van der Waals surface area (Å²) in [5.74, 6) is -1.16. The van der Waals surface area contributed by atoms with Crippen LogP contribution in [0.1, 0.15) is 63.3 Å². The van der Waals surface area contributed by atoms with Crippen molar-refractivity contribution in [3.05, 3.63) is 45.8 Å². The van der Waals surface area contributed by atoms with E-state index in [-0.39, 0.29) is 28.6 Å². The van der Waals surface area contributed by atoms with Crippen LogP contribution >= 0.6 is 11.3 Å². The summed E-state index contributed by atoms with van der Waals surface area (Å²) in [6, 6.07) is 5.73. The molecule has 3 N–H and O–H groups in total. The van der Waals surface area contributed by atoms with Crippen molar-refractivity contribution in [2.24, 2.45) is 5.73 Å². The van der Waals surface area contributed by atoms with Gasteiger partial charge in [0.2, 0.25) is 10.0 Å². The monoisotopic (exact) mass is 534 g/mol. The Morgan fingerprint density at radius 2 is 1.81 bits per heavy atom. The number of rotatable bonds is 6. The molecule has 1 aliphatic carbocycles. The molecule has 36 heavy (non-hydrogen) atoms. The van der Waals surface area contributed by atoms with Gasteiger partial charge in [0.1, 0.15) is 5.00 Å². The Bertz CT molecular complexity index is 1270. The van der Waals surface area contributed by atoms with Crippen molar-refractivity contribution >= 4 is 44.3 Å². The summed E-state index contributed by atoms with van der Waals surface area (Å²) in [6.45, 7) is 0.624. The molecule has 1 fully saturated rings. The number of carbonyl (C=O) groups excluding carboxylic acids is 3. The lowest BCUT2D eigenvalue weighted by Gasteiger charge is -2.30. The van der Waals surface area contributed by atoms with Gasteiger partial charge in [-0.3, -0.25) is 9.59 Å². The third-order valence-corrected chi connectivity index (χ3v) is 9.90. The summed E-state index contributed by atoms with van der Waals surface area (Å²) >= 11 is 1.19. The van der Waals surface area contributed by atoms with E-state index >= 15 is 0 Å². The van der Waals surface area contributed by atoms with Crippen molar-refractivity contribution in [2.75, 3.05) is 26.0 Å². The highest BCUT2D eigenvalue weighted by atomic mass is 32.2.